The second kappa shape index (κ2) is 4.23. The minimum absolute atomic E-state index is 0.728. The number of thiocarbonyl (C=S) groups is 1. The molecular weight excluding hydrogens is 214 g/mol. The van der Waals surface area contributed by atoms with E-state index in [1.54, 1.807) is 19.3 Å². The zero-order chi connectivity index (χ0) is 11.0. The minimum Gasteiger partial charge on any atom is -0.233 e. The zero-order valence-electron chi connectivity index (χ0n) is 9.95. The first kappa shape index (κ1) is 10.9. The average molecular weight is 235 g/mol. The van der Waals surface area contributed by atoms with Crippen molar-refractivity contribution in [1.29, 1.82) is 0 Å². The Labute approximate surface area is 104 Å². The third-order valence-electron chi connectivity index (χ3n) is 5.21. The first-order valence-corrected chi connectivity index (χ1v) is 7.24. The van der Waals surface area contributed by atoms with Gasteiger partial charge in [0.2, 0.25) is 0 Å². The summed E-state index contributed by atoms with van der Waals surface area (Å²) >= 11 is 4.62. The van der Waals surface area contributed by atoms with Crippen LogP contribution in [0.25, 0.3) is 0 Å². The van der Waals surface area contributed by atoms with Crippen molar-refractivity contribution in [3.8, 4) is 0 Å². The Morgan fingerprint density at radius 1 is 1.06 bits per heavy atom. The first-order chi connectivity index (χ1) is 7.80. The van der Waals surface area contributed by atoms with E-state index in [-0.39, 0.29) is 0 Å². The number of hydrogen-bond donors (Lipinski definition) is 0. The molecule has 0 N–H and O–H groups in total. The highest BCUT2D eigenvalue weighted by Gasteiger charge is 2.50. The maximum absolute atomic E-state index is 4.62. The fourth-order valence-electron chi connectivity index (χ4n) is 5.17. The van der Waals surface area contributed by atoms with Crippen LogP contribution in [0.5, 0.6) is 0 Å². The molecule has 16 heavy (non-hydrogen) atoms. The van der Waals surface area contributed by atoms with Crippen LogP contribution in [0.1, 0.15) is 51.4 Å². The molecule has 0 aliphatic heterocycles. The molecule has 0 heterocycles. The highest BCUT2D eigenvalue weighted by molar-refractivity contribution is 7.78. The molecule has 4 bridgehead atoms. The van der Waals surface area contributed by atoms with Crippen LogP contribution in [0.4, 0.5) is 0 Å². The van der Waals surface area contributed by atoms with E-state index >= 15 is 0 Å². The molecule has 0 unspecified atom stereocenters. The largest absolute Gasteiger partial charge is 0.233 e. The molecule has 0 aromatic heterocycles. The Balaban J connectivity index is 1.62. The number of aliphatic imine (C=N–C) groups is 1. The SMILES string of the molecule is S=C=NCCCC12CC3CC(CC(C3)C1)C2. The van der Waals surface area contributed by atoms with Crippen LogP contribution in [0.2, 0.25) is 0 Å². The molecule has 88 valence electrons. The Hall–Kier alpha value is -0.200. The zero-order valence-corrected chi connectivity index (χ0v) is 10.8. The maximum Gasteiger partial charge on any atom is 0.0584 e. The Morgan fingerprint density at radius 3 is 2.12 bits per heavy atom. The summed E-state index contributed by atoms with van der Waals surface area (Å²) in [5.41, 5.74) is 0.728. The summed E-state index contributed by atoms with van der Waals surface area (Å²) in [7, 11) is 0. The van der Waals surface area contributed by atoms with Gasteiger partial charge in [-0.05, 0) is 86.8 Å². The summed E-state index contributed by atoms with van der Waals surface area (Å²) in [6.07, 6.45) is 11.9. The molecule has 0 spiro atoms. The maximum atomic E-state index is 4.62. The van der Waals surface area contributed by atoms with E-state index in [2.05, 4.69) is 22.4 Å². The van der Waals surface area contributed by atoms with Gasteiger partial charge in [-0.25, -0.2) is 4.99 Å². The highest BCUT2D eigenvalue weighted by atomic mass is 32.1. The van der Waals surface area contributed by atoms with Gasteiger partial charge in [-0.2, -0.15) is 0 Å². The van der Waals surface area contributed by atoms with Gasteiger partial charge in [0.25, 0.3) is 0 Å². The van der Waals surface area contributed by atoms with Gasteiger partial charge in [0, 0.05) is 6.54 Å². The van der Waals surface area contributed by atoms with Crippen molar-refractivity contribution >= 4 is 17.4 Å². The molecule has 1 nitrogen and oxygen atoms in total. The standard InChI is InChI=1S/C14H21NS/c16-10-15-3-1-2-14-7-11-4-12(8-14)6-13(5-11)9-14/h11-13H,1-9H2. The van der Waals surface area contributed by atoms with Crippen LogP contribution in [0.15, 0.2) is 4.99 Å². The highest BCUT2D eigenvalue weighted by Crippen LogP contribution is 2.61. The average Bonchev–Trinajstić information content (AvgIpc) is 2.22. The lowest BCUT2D eigenvalue weighted by Crippen LogP contribution is -2.46. The number of isothiocyanates is 1. The van der Waals surface area contributed by atoms with Gasteiger partial charge < -0.3 is 0 Å². The lowest BCUT2D eigenvalue weighted by atomic mass is 9.48. The van der Waals surface area contributed by atoms with Crippen LogP contribution in [0, 0.1) is 23.2 Å². The van der Waals surface area contributed by atoms with Crippen molar-refractivity contribution in [3.63, 3.8) is 0 Å². The van der Waals surface area contributed by atoms with E-state index < -0.39 is 0 Å². The Morgan fingerprint density at radius 2 is 1.62 bits per heavy atom. The molecule has 0 atom stereocenters. The third kappa shape index (κ3) is 1.98. The summed E-state index contributed by atoms with van der Waals surface area (Å²) in [4.78, 5) is 4.05. The molecular formula is C14H21NS. The van der Waals surface area contributed by atoms with Crippen molar-refractivity contribution in [2.45, 2.75) is 51.4 Å². The summed E-state index contributed by atoms with van der Waals surface area (Å²) < 4.78 is 0. The molecule has 4 saturated carbocycles. The van der Waals surface area contributed by atoms with Gasteiger partial charge in [0.15, 0.2) is 0 Å². The van der Waals surface area contributed by atoms with Crippen LogP contribution >= 0.6 is 12.2 Å². The minimum atomic E-state index is 0.728. The molecule has 0 aromatic rings. The summed E-state index contributed by atoms with van der Waals surface area (Å²) in [6.45, 7) is 0.908. The van der Waals surface area contributed by atoms with E-state index in [4.69, 9.17) is 0 Å². The lowest BCUT2D eigenvalue weighted by Gasteiger charge is -2.57. The van der Waals surface area contributed by atoms with Crippen molar-refractivity contribution in [1.82, 2.24) is 0 Å². The van der Waals surface area contributed by atoms with Crippen LogP contribution in [0.3, 0.4) is 0 Å². The summed E-state index contributed by atoms with van der Waals surface area (Å²) in [5.74, 6) is 3.25. The topological polar surface area (TPSA) is 12.4 Å². The van der Waals surface area contributed by atoms with Crippen LogP contribution < -0.4 is 0 Å². The van der Waals surface area contributed by atoms with Crippen molar-refractivity contribution in [3.05, 3.63) is 0 Å². The number of hydrogen-bond acceptors (Lipinski definition) is 2. The molecule has 0 radical (unpaired) electrons. The van der Waals surface area contributed by atoms with E-state index in [0.717, 1.165) is 29.7 Å². The number of nitrogens with zero attached hydrogens (tertiary/aromatic N) is 1. The smallest absolute Gasteiger partial charge is 0.0584 e. The Kier molecular flexibility index (Phi) is 2.89. The van der Waals surface area contributed by atoms with Crippen LogP contribution in [-0.4, -0.2) is 11.7 Å². The quantitative estimate of drug-likeness (QED) is 0.406. The lowest BCUT2D eigenvalue weighted by molar-refractivity contribution is -0.0577. The molecule has 0 saturated heterocycles. The van der Waals surface area contributed by atoms with Crippen molar-refractivity contribution in [2.75, 3.05) is 6.54 Å². The van der Waals surface area contributed by atoms with E-state index in [1.807, 2.05) is 0 Å². The van der Waals surface area contributed by atoms with E-state index in [9.17, 15) is 0 Å². The van der Waals surface area contributed by atoms with Gasteiger partial charge in [-0.1, -0.05) is 0 Å². The van der Waals surface area contributed by atoms with Gasteiger partial charge >= 0.3 is 0 Å². The van der Waals surface area contributed by atoms with Gasteiger partial charge in [-0.15, -0.1) is 0 Å². The molecule has 4 fully saturated rings. The summed E-state index contributed by atoms with van der Waals surface area (Å²) in [5, 5.41) is 2.48. The predicted molar refractivity (Wildman–Crippen MR) is 69.7 cm³/mol. The Bertz CT molecular complexity index is 281. The molecule has 2 heteroatoms. The first-order valence-electron chi connectivity index (χ1n) is 6.83. The van der Waals surface area contributed by atoms with Gasteiger partial charge in [0.1, 0.15) is 0 Å². The number of rotatable bonds is 4. The normalized spacial score (nSPS) is 44.4. The fraction of sp³-hybridized carbons (Fsp3) is 0.929. The van der Waals surface area contributed by atoms with E-state index in [0.29, 0.717) is 0 Å². The molecule has 0 amide bonds. The molecule has 0 aromatic carbocycles. The van der Waals surface area contributed by atoms with Crippen molar-refractivity contribution in [2.24, 2.45) is 28.2 Å². The second-order valence-electron chi connectivity index (χ2n) is 6.49. The van der Waals surface area contributed by atoms with Gasteiger partial charge in [0.05, 0.1) is 5.16 Å². The second-order valence-corrected chi connectivity index (χ2v) is 6.68. The van der Waals surface area contributed by atoms with E-state index in [1.165, 1.54) is 32.1 Å². The predicted octanol–water partition coefficient (Wildman–Crippen LogP) is 4.09. The summed E-state index contributed by atoms with van der Waals surface area (Å²) in [6, 6.07) is 0. The van der Waals surface area contributed by atoms with Crippen molar-refractivity contribution < 1.29 is 0 Å². The molecule has 4 rings (SSSR count). The van der Waals surface area contributed by atoms with Gasteiger partial charge in [-0.3, -0.25) is 0 Å². The third-order valence-corrected chi connectivity index (χ3v) is 5.34. The van der Waals surface area contributed by atoms with Crippen LogP contribution in [-0.2, 0) is 0 Å². The molecule has 4 aliphatic carbocycles. The fourth-order valence-corrected chi connectivity index (χ4v) is 5.27. The monoisotopic (exact) mass is 235 g/mol. The molecule has 4 aliphatic rings.